The van der Waals surface area contributed by atoms with Gasteiger partial charge in [0, 0.05) is 10.8 Å². The third kappa shape index (κ3) is 4.09. The molecule has 34 heavy (non-hydrogen) atoms. The first-order valence-electron chi connectivity index (χ1n) is 10.2. The predicted octanol–water partition coefficient (Wildman–Crippen LogP) is -0.834. The number of carboxylic acid groups (broad SMARTS) is 1. The Bertz CT molecular complexity index is 1260. The monoisotopic (exact) mass is 487 g/mol. The molecule has 1 unspecified atom stereocenters. The number of fused-ring (bicyclic) bond motifs is 1. The maximum absolute atomic E-state index is 13.2. The zero-order valence-electron chi connectivity index (χ0n) is 18.0. The molecule has 2 fully saturated rings. The number of carbonyl (C=O) groups excluding carboxylic acids is 3. The Kier molecular flexibility index (Phi) is 5.81. The predicted molar refractivity (Wildman–Crippen MR) is 120 cm³/mol. The molecule has 0 bridgehead atoms. The molecule has 2 aliphatic rings. The number of carboxylic acids is 1. The second-order valence-electron chi connectivity index (χ2n) is 8.40. The van der Waals surface area contributed by atoms with Gasteiger partial charge >= 0.3 is 11.7 Å². The van der Waals surface area contributed by atoms with Crippen LogP contribution in [0.2, 0.25) is 0 Å². The molecule has 178 valence electrons. The molecular formula is C21H21N5O7S. The van der Waals surface area contributed by atoms with Gasteiger partial charge in [-0.25, -0.2) is 9.59 Å². The highest BCUT2D eigenvalue weighted by Crippen LogP contribution is 2.50. The third-order valence-corrected chi connectivity index (χ3v) is 7.22. The number of aliphatic carboxylic acids is 1. The highest BCUT2D eigenvalue weighted by atomic mass is 32.2. The third-order valence-electron chi connectivity index (χ3n) is 5.65. The van der Waals surface area contributed by atoms with Crippen LogP contribution in [0.3, 0.4) is 0 Å². The molecule has 0 radical (unpaired) electrons. The van der Waals surface area contributed by atoms with Crippen molar-refractivity contribution in [1.29, 1.82) is 0 Å². The van der Waals surface area contributed by atoms with Gasteiger partial charge in [-0.3, -0.25) is 24.2 Å². The van der Waals surface area contributed by atoms with Crippen LogP contribution < -0.4 is 21.9 Å². The minimum atomic E-state index is -1.26. The number of benzene rings is 1. The van der Waals surface area contributed by atoms with Gasteiger partial charge in [0.05, 0.1) is 0 Å². The zero-order chi connectivity index (χ0) is 24.8. The highest BCUT2D eigenvalue weighted by molar-refractivity contribution is 8.01. The van der Waals surface area contributed by atoms with E-state index in [-0.39, 0.29) is 5.69 Å². The number of aromatic amines is 2. The minimum Gasteiger partial charge on any atom is -0.480 e. The SMILES string of the molecule is CC1(C)S[C@@H]2[C@H](NC(=O)C(NC(=O)c3cc(=O)[nH]c(=O)[nH]3)c3ccccc3)C(=O)N2[C@H]1C(=O)O. The van der Waals surface area contributed by atoms with Crippen LogP contribution in [-0.4, -0.2) is 65.9 Å². The van der Waals surface area contributed by atoms with Crippen molar-refractivity contribution in [1.82, 2.24) is 25.5 Å². The number of amides is 3. The van der Waals surface area contributed by atoms with Crippen LogP contribution >= 0.6 is 11.8 Å². The second-order valence-corrected chi connectivity index (χ2v) is 10.2. The average molecular weight is 487 g/mol. The summed E-state index contributed by atoms with van der Waals surface area (Å²) in [6.45, 7) is 3.44. The molecule has 3 heterocycles. The summed E-state index contributed by atoms with van der Waals surface area (Å²) in [4.78, 5) is 78.7. The van der Waals surface area contributed by atoms with Crippen molar-refractivity contribution in [3.8, 4) is 0 Å². The van der Waals surface area contributed by atoms with Crippen LogP contribution in [-0.2, 0) is 14.4 Å². The van der Waals surface area contributed by atoms with E-state index in [4.69, 9.17) is 0 Å². The summed E-state index contributed by atoms with van der Waals surface area (Å²) in [6, 6.07) is 5.83. The molecule has 0 spiro atoms. The topological polar surface area (TPSA) is 182 Å². The number of nitrogens with one attached hydrogen (secondary N) is 4. The number of hydrogen-bond donors (Lipinski definition) is 5. The fraction of sp³-hybridized carbons (Fsp3) is 0.333. The lowest BCUT2D eigenvalue weighted by atomic mass is 9.95. The van der Waals surface area contributed by atoms with E-state index in [0.717, 1.165) is 6.07 Å². The second kappa shape index (κ2) is 8.48. The Hall–Kier alpha value is -3.87. The van der Waals surface area contributed by atoms with Gasteiger partial charge in [0.15, 0.2) is 0 Å². The van der Waals surface area contributed by atoms with Crippen LogP contribution in [0.1, 0.15) is 35.9 Å². The lowest BCUT2D eigenvalue weighted by Gasteiger charge is -2.44. The lowest BCUT2D eigenvalue weighted by molar-refractivity contribution is -0.161. The van der Waals surface area contributed by atoms with Crippen molar-refractivity contribution in [2.45, 2.75) is 42.1 Å². The molecule has 0 saturated carbocycles. The Balaban J connectivity index is 1.56. The van der Waals surface area contributed by atoms with Crippen molar-refractivity contribution in [3.05, 3.63) is 68.5 Å². The molecule has 0 aliphatic carbocycles. The fourth-order valence-corrected chi connectivity index (χ4v) is 5.75. The van der Waals surface area contributed by atoms with Crippen molar-refractivity contribution >= 4 is 35.5 Å². The van der Waals surface area contributed by atoms with E-state index < -0.39 is 63.2 Å². The van der Waals surface area contributed by atoms with Gasteiger partial charge in [-0.05, 0) is 19.4 Å². The van der Waals surface area contributed by atoms with E-state index in [1.807, 2.05) is 4.98 Å². The van der Waals surface area contributed by atoms with Gasteiger partial charge in [-0.2, -0.15) is 0 Å². The number of thioether (sulfide) groups is 1. The number of aromatic nitrogens is 2. The normalized spacial score (nSPS) is 23.4. The number of rotatable bonds is 6. The molecule has 1 aromatic heterocycles. The number of carbonyl (C=O) groups is 4. The Morgan fingerprint density at radius 3 is 2.41 bits per heavy atom. The lowest BCUT2D eigenvalue weighted by Crippen LogP contribution is -2.71. The van der Waals surface area contributed by atoms with Gasteiger partial charge in [0.25, 0.3) is 11.5 Å². The average Bonchev–Trinajstić information content (AvgIpc) is 3.03. The molecule has 1 aromatic carbocycles. The molecule has 2 aliphatic heterocycles. The van der Waals surface area contributed by atoms with E-state index in [2.05, 4.69) is 15.6 Å². The molecule has 2 saturated heterocycles. The van der Waals surface area contributed by atoms with Gasteiger partial charge in [0.2, 0.25) is 11.8 Å². The van der Waals surface area contributed by atoms with Crippen molar-refractivity contribution in [3.63, 3.8) is 0 Å². The molecule has 13 heteroatoms. The summed E-state index contributed by atoms with van der Waals surface area (Å²) in [5, 5.41) is 14.1. The van der Waals surface area contributed by atoms with Gasteiger partial charge in [0.1, 0.15) is 29.2 Å². The molecule has 12 nitrogen and oxygen atoms in total. The molecule has 4 atom stereocenters. The fourth-order valence-electron chi connectivity index (χ4n) is 4.13. The highest BCUT2D eigenvalue weighted by Gasteiger charge is 2.64. The number of H-pyrrole nitrogens is 2. The van der Waals surface area contributed by atoms with Crippen LogP contribution in [0.5, 0.6) is 0 Å². The Morgan fingerprint density at radius 2 is 1.79 bits per heavy atom. The summed E-state index contributed by atoms with van der Waals surface area (Å²) in [5.74, 6) is -3.24. The van der Waals surface area contributed by atoms with E-state index in [1.165, 1.54) is 16.7 Å². The van der Waals surface area contributed by atoms with Gasteiger partial charge in [-0.1, -0.05) is 30.3 Å². The standard InChI is InChI=1S/C21H21N5O7S/c1-21(2)14(19(31)32)26-17(30)13(18(26)34-21)25-16(29)12(9-6-4-3-5-7-9)24-15(28)10-8-11(27)23-20(33)22-10/h3-8,12-14,18H,1-2H3,(H,24,28)(H,25,29)(H,31,32)(H2,22,23,27,33)/t12?,13-,14+,18-/m1/s1. The number of β-lactam (4-membered cyclic amide) rings is 1. The first-order valence-corrected chi connectivity index (χ1v) is 11.1. The largest absolute Gasteiger partial charge is 0.480 e. The minimum absolute atomic E-state index is 0.342. The summed E-state index contributed by atoms with van der Waals surface area (Å²) in [6.07, 6.45) is 0. The smallest absolute Gasteiger partial charge is 0.327 e. The Labute approximate surface area is 196 Å². The number of hydrogen-bond acceptors (Lipinski definition) is 7. The van der Waals surface area contributed by atoms with E-state index >= 15 is 0 Å². The molecular weight excluding hydrogens is 466 g/mol. The van der Waals surface area contributed by atoms with Crippen LogP contribution in [0.4, 0.5) is 0 Å². The maximum Gasteiger partial charge on any atom is 0.327 e. The van der Waals surface area contributed by atoms with Gasteiger partial charge < -0.3 is 25.6 Å². The van der Waals surface area contributed by atoms with Crippen LogP contribution in [0, 0.1) is 0 Å². The van der Waals surface area contributed by atoms with Crippen LogP contribution in [0.15, 0.2) is 46.0 Å². The van der Waals surface area contributed by atoms with Crippen molar-refractivity contribution in [2.75, 3.05) is 0 Å². The van der Waals surface area contributed by atoms with E-state index in [9.17, 15) is 33.9 Å². The number of nitrogens with zero attached hydrogens (tertiary/aromatic N) is 1. The first kappa shape index (κ1) is 23.3. The van der Waals surface area contributed by atoms with Crippen LogP contribution in [0.25, 0.3) is 0 Å². The molecule has 4 rings (SSSR count). The Morgan fingerprint density at radius 1 is 1.12 bits per heavy atom. The van der Waals surface area contributed by atoms with Crippen molar-refractivity contribution in [2.24, 2.45) is 0 Å². The maximum atomic E-state index is 13.2. The summed E-state index contributed by atoms with van der Waals surface area (Å²) < 4.78 is -0.759. The zero-order valence-corrected chi connectivity index (χ0v) is 18.8. The van der Waals surface area contributed by atoms with Crippen molar-refractivity contribution < 1.29 is 24.3 Å². The summed E-state index contributed by atoms with van der Waals surface area (Å²) >= 11 is 1.27. The van der Waals surface area contributed by atoms with E-state index in [0.29, 0.717) is 5.56 Å². The molecule has 3 amide bonds. The summed E-state index contributed by atoms with van der Waals surface area (Å²) in [7, 11) is 0. The van der Waals surface area contributed by atoms with Gasteiger partial charge in [-0.15, -0.1) is 11.8 Å². The first-order chi connectivity index (χ1) is 16.0. The molecule has 2 aromatic rings. The quantitative estimate of drug-likeness (QED) is 0.327. The molecule has 5 N–H and O–H groups in total. The van der Waals surface area contributed by atoms with E-state index in [1.54, 1.807) is 44.2 Å². The summed E-state index contributed by atoms with van der Waals surface area (Å²) in [5.41, 5.74) is -1.62.